The van der Waals surface area contributed by atoms with Gasteiger partial charge < -0.3 is 13.9 Å². The van der Waals surface area contributed by atoms with Crippen LogP contribution in [0.15, 0.2) is 47.1 Å². The molecule has 0 fully saturated rings. The summed E-state index contributed by atoms with van der Waals surface area (Å²) in [4.78, 5) is 7.58. The number of furan rings is 1. The Morgan fingerprint density at radius 3 is 2.32 bits per heavy atom. The molecule has 0 amide bonds. The third-order valence-electron chi connectivity index (χ3n) is 5.20. The third kappa shape index (κ3) is 5.21. The van der Waals surface area contributed by atoms with E-state index in [9.17, 15) is 8.42 Å². The molecule has 0 unspecified atom stereocenters. The Balaban J connectivity index is 1.78. The number of nitrogens with zero attached hydrogens (tertiary/aromatic N) is 6. The average Bonchev–Trinajstić information content (AvgIpc) is 3.48. The van der Waals surface area contributed by atoms with E-state index in [1.807, 2.05) is 6.07 Å². The van der Waals surface area contributed by atoms with Gasteiger partial charge in [0.1, 0.15) is 34.8 Å². The van der Waals surface area contributed by atoms with Crippen LogP contribution in [0.2, 0.25) is 0 Å². The Labute approximate surface area is 211 Å². The maximum atomic E-state index is 15.5. The second kappa shape index (κ2) is 9.86. The molecule has 1 atom stereocenters. The monoisotopic (exact) mass is 527 g/mol. The van der Waals surface area contributed by atoms with Crippen molar-refractivity contribution >= 4 is 16.0 Å². The summed E-state index contributed by atoms with van der Waals surface area (Å²) in [6.07, 6.45) is 2.23. The zero-order valence-electron chi connectivity index (χ0n) is 20.3. The van der Waals surface area contributed by atoms with E-state index in [2.05, 4.69) is 24.9 Å². The molecule has 14 heteroatoms. The standard InChI is InChI=1S/C23H22FN7O5S/c1-14-8-9-18(36-14)20-28-29-22(31(20)19-16(34-3)6-5-7-17(19)35-4)30-37(32,33)13-23(2,24)21-26-11-15(10-25)12-27-21/h5-9,11-12H,13H2,1-4H3,(H,29,30)/t23-/m1/s1. The highest BCUT2D eigenvalue weighted by atomic mass is 32.2. The number of aromatic nitrogens is 5. The quantitative estimate of drug-likeness (QED) is 0.343. The van der Waals surface area contributed by atoms with Crippen molar-refractivity contribution in [3.63, 3.8) is 0 Å². The van der Waals surface area contributed by atoms with Gasteiger partial charge >= 0.3 is 0 Å². The lowest BCUT2D eigenvalue weighted by Gasteiger charge is -2.20. The largest absolute Gasteiger partial charge is 0.494 e. The van der Waals surface area contributed by atoms with Crippen LogP contribution in [-0.2, 0) is 15.7 Å². The number of halogens is 1. The van der Waals surface area contributed by atoms with Crippen molar-refractivity contribution in [1.29, 1.82) is 5.26 Å². The van der Waals surface area contributed by atoms with Gasteiger partial charge in [0, 0.05) is 12.4 Å². The van der Waals surface area contributed by atoms with Crippen LogP contribution in [-0.4, -0.2) is 53.1 Å². The van der Waals surface area contributed by atoms with Crippen LogP contribution in [0.25, 0.3) is 17.3 Å². The fourth-order valence-corrected chi connectivity index (χ4v) is 4.91. The second-order valence-electron chi connectivity index (χ2n) is 8.07. The fourth-order valence-electron chi connectivity index (χ4n) is 3.58. The van der Waals surface area contributed by atoms with Gasteiger partial charge in [-0.25, -0.2) is 22.8 Å². The van der Waals surface area contributed by atoms with Crippen molar-refractivity contribution < 1.29 is 26.7 Å². The van der Waals surface area contributed by atoms with Crippen LogP contribution in [0.3, 0.4) is 0 Å². The Morgan fingerprint density at radius 2 is 1.78 bits per heavy atom. The lowest BCUT2D eigenvalue weighted by molar-refractivity contribution is 0.210. The first kappa shape index (κ1) is 25.6. The number of nitriles is 1. The van der Waals surface area contributed by atoms with Crippen LogP contribution in [0.5, 0.6) is 11.5 Å². The number of hydrogen-bond acceptors (Lipinski definition) is 10. The number of nitrogens with one attached hydrogen (secondary N) is 1. The number of methoxy groups -OCH3 is 2. The highest BCUT2D eigenvalue weighted by Crippen LogP contribution is 2.38. The zero-order valence-corrected chi connectivity index (χ0v) is 21.1. The fraction of sp³-hybridized carbons (Fsp3) is 0.261. The first-order valence-corrected chi connectivity index (χ1v) is 12.4. The summed E-state index contributed by atoms with van der Waals surface area (Å²) in [5, 5.41) is 17.0. The second-order valence-corrected chi connectivity index (χ2v) is 9.79. The minimum Gasteiger partial charge on any atom is -0.494 e. The molecule has 0 radical (unpaired) electrons. The minimum absolute atomic E-state index is 0.111. The van der Waals surface area contributed by atoms with Gasteiger partial charge in [0.25, 0.3) is 0 Å². The van der Waals surface area contributed by atoms with Crippen molar-refractivity contribution in [2.24, 2.45) is 0 Å². The van der Waals surface area contributed by atoms with Crippen LogP contribution in [0.4, 0.5) is 10.3 Å². The molecule has 0 spiro atoms. The van der Waals surface area contributed by atoms with Crippen molar-refractivity contribution in [2.75, 3.05) is 24.7 Å². The average molecular weight is 528 g/mol. The van der Waals surface area contributed by atoms with Gasteiger partial charge in [-0.15, -0.1) is 10.2 Å². The Morgan fingerprint density at radius 1 is 1.14 bits per heavy atom. The summed E-state index contributed by atoms with van der Waals surface area (Å²) >= 11 is 0. The van der Waals surface area contributed by atoms with Gasteiger partial charge in [0.2, 0.25) is 21.8 Å². The van der Waals surface area contributed by atoms with E-state index < -0.39 is 27.3 Å². The number of para-hydroxylation sites is 1. The van der Waals surface area contributed by atoms with Gasteiger partial charge in [-0.05, 0) is 38.1 Å². The molecule has 1 aromatic carbocycles. The van der Waals surface area contributed by atoms with E-state index in [1.54, 1.807) is 37.3 Å². The highest BCUT2D eigenvalue weighted by molar-refractivity contribution is 7.92. The Kier molecular flexibility index (Phi) is 6.82. The summed E-state index contributed by atoms with van der Waals surface area (Å²) in [6, 6.07) is 10.2. The molecule has 0 aliphatic heterocycles. The van der Waals surface area contributed by atoms with Gasteiger partial charge in [-0.1, -0.05) is 6.07 Å². The normalized spacial score (nSPS) is 13.0. The molecular weight excluding hydrogens is 505 g/mol. The molecule has 0 bridgehead atoms. The van der Waals surface area contributed by atoms with Crippen molar-refractivity contribution in [1.82, 2.24) is 24.7 Å². The molecular formula is C23H22FN7O5S. The number of aryl methyl sites for hydroxylation is 1. The molecule has 0 saturated carbocycles. The SMILES string of the molecule is COc1cccc(OC)c1-n1c(NS(=O)(=O)C[C@@](C)(F)c2ncc(C#N)cn2)nnc1-c1ccc(C)o1. The summed E-state index contributed by atoms with van der Waals surface area (Å²) in [5.41, 5.74) is -2.09. The maximum Gasteiger partial charge on any atom is 0.243 e. The molecule has 4 aromatic rings. The van der Waals surface area contributed by atoms with Gasteiger partial charge in [-0.3, -0.25) is 9.29 Å². The summed E-state index contributed by atoms with van der Waals surface area (Å²) in [6.45, 7) is 2.77. The number of rotatable bonds is 9. The molecule has 192 valence electrons. The Hall–Kier alpha value is -4.51. The van der Waals surface area contributed by atoms with E-state index in [4.69, 9.17) is 19.2 Å². The predicted octanol–water partition coefficient (Wildman–Crippen LogP) is 3.14. The number of benzene rings is 1. The minimum atomic E-state index is -4.40. The van der Waals surface area contributed by atoms with Crippen LogP contribution in [0, 0.1) is 18.3 Å². The van der Waals surface area contributed by atoms with Crippen molar-refractivity contribution in [3.8, 4) is 34.8 Å². The highest BCUT2D eigenvalue weighted by Gasteiger charge is 2.37. The molecule has 3 heterocycles. The van der Waals surface area contributed by atoms with E-state index in [-0.39, 0.29) is 23.0 Å². The number of hydrogen-bond donors (Lipinski definition) is 1. The molecule has 3 aromatic heterocycles. The predicted molar refractivity (Wildman–Crippen MR) is 130 cm³/mol. The van der Waals surface area contributed by atoms with Crippen LogP contribution >= 0.6 is 0 Å². The molecule has 12 nitrogen and oxygen atoms in total. The molecule has 37 heavy (non-hydrogen) atoms. The van der Waals surface area contributed by atoms with E-state index in [0.29, 0.717) is 23.0 Å². The Bertz CT molecular complexity index is 1550. The van der Waals surface area contributed by atoms with E-state index in [0.717, 1.165) is 19.3 Å². The smallest absolute Gasteiger partial charge is 0.243 e. The van der Waals surface area contributed by atoms with Gasteiger partial charge in [0.15, 0.2) is 17.3 Å². The number of anilines is 1. The van der Waals surface area contributed by atoms with Crippen LogP contribution in [0.1, 0.15) is 24.1 Å². The van der Waals surface area contributed by atoms with Gasteiger partial charge in [-0.2, -0.15) is 5.26 Å². The molecule has 0 aliphatic rings. The summed E-state index contributed by atoms with van der Waals surface area (Å²) < 4.78 is 62.0. The van der Waals surface area contributed by atoms with Crippen molar-refractivity contribution in [3.05, 3.63) is 59.9 Å². The van der Waals surface area contributed by atoms with E-state index >= 15 is 4.39 Å². The van der Waals surface area contributed by atoms with Gasteiger partial charge in [0.05, 0.1) is 19.8 Å². The number of alkyl halides is 1. The number of sulfonamides is 1. The third-order valence-corrected chi connectivity index (χ3v) is 6.62. The first-order chi connectivity index (χ1) is 17.6. The summed E-state index contributed by atoms with van der Waals surface area (Å²) in [5.74, 6) is -0.0152. The first-order valence-electron chi connectivity index (χ1n) is 10.7. The van der Waals surface area contributed by atoms with Crippen molar-refractivity contribution in [2.45, 2.75) is 19.5 Å². The molecule has 0 saturated heterocycles. The molecule has 4 rings (SSSR count). The van der Waals surface area contributed by atoms with Crippen LogP contribution < -0.4 is 14.2 Å². The lowest BCUT2D eigenvalue weighted by atomic mass is 10.1. The van der Waals surface area contributed by atoms with E-state index in [1.165, 1.54) is 18.8 Å². The zero-order chi connectivity index (χ0) is 26.8. The number of ether oxygens (including phenoxy) is 2. The lowest BCUT2D eigenvalue weighted by Crippen LogP contribution is -2.33. The molecule has 0 aliphatic carbocycles. The summed E-state index contributed by atoms with van der Waals surface area (Å²) in [7, 11) is -1.52. The maximum absolute atomic E-state index is 15.5. The topological polar surface area (TPSA) is 158 Å². The molecule has 1 N–H and O–H groups in total.